The lowest BCUT2D eigenvalue weighted by Gasteiger charge is -2.41. The first-order valence-electron chi connectivity index (χ1n) is 10.1. The summed E-state index contributed by atoms with van der Waals surface area (Å²) in [5.41, 5.74) is 6.87. The van der Waals surface area contributed by atoms with Gasteiger partial charge >= 0.3 is 0 Å². The van der Waals surface area contributed by atoms with Gasteiger partial charge in [0.1, 0.15) is 22.8 Å². The van der Waals surface area contributed by atoms with Crippen molar-refractivity contribution in [3.8, 4) is 5.75 Å². The van der Waals surface area contributed by atoms with E-state index in [9.17, 15) is 29.7 Å². The number of carbonyl (C=O) groups excluding carboxylic acids is 3. The number of nitrogens with one attached hydrogen (secondary N) is 1. The van der Waals surface area contributed by atoms with E-state index in [2.05, 4.69) is 5.32 Å². The van der Waals surface area contributed by atoms with Crippen LogP contribution in [-0.4, -0.2) is 53.9 Å². The third-order valence-corrected chi connectivity index (χ3v) is 6.62. The third-order valence-electron chi connectivity index (χ3n) is 6.62. The second-order valence-electron chi connectivity index (χ2n) is 8.54. The minimum atomic E-state index is -1.11. The second kappa shape index (κ2) is 7.04. The number of rotatable bonds is 3. The van der Waals surface area contributed by atoms with Gasteiger partial charge in [-0.15, -0.1) is 0 Å². The zero-order valence-electron chi connectivity index (χ0n) is 17.5. The Kier molecular flexibility index (Phi) is 4.72. The zero-order chi connectivity index (χ0) is 22.8. The number of nitrogens with zero attached hydrogens (tertiary/aromatic N) is 1. The number of aromatic hydroxyl groups is 1. The van der Waals surface area contributed by atoms with Crippen LogP contribution in [0.15, 0.2) is 23.0 Å². The Hall–Kier alpha value is -3.49. The normalized spacial score (nSPS) is 25.1. The largest absolute Gasteiger partial charge is 0.511 e. The molecule has 3 unspecified atom stereocenters. The molecule has 0 aliphatic heterocycles. The maximum atomic E-state index is 13.4. The molecule has 0 radical (unpaired) electrons. The number of phenols is 1. The van der Waals surface area contributed by atoms with Crippen LogP contribution in [0, 0.1) is 17.8 Å². The Morgan fingerprint density at radius 2 is 1.87 bits per heavy atom. The Labute approximate surface area is 178 Å². The summed E-state index contributed by atoms with van der Waals surface area (Å²) in [6.07, 6.45) is 0.690. The molecule has 1 aromatic rings. The maximum absolute atomic E-state index is 13.4. The van der Waals surface area contributed by atoms with E-state index in [-0.39, 0.29) is 35.0 Å². The molecule has 0 heterocycles. The number of allylic oxidation sites excluding steroid dienone is 2. The van der Waals surface area contributed by atoms with Crippen molar-refractivity contribution in [2.45, 2.75) is 19.3 Å². The van der Waals surface area contributed by atoms with E-state index < -0.39 is 40.6 Å². The summed E-state index contributed by atoms with van der Waals surface area (Å²) in [5.74, 6) is -5.30. The van der Waals surface area contributed by atoms with Gasteiger partial charge in [0.2, 0.25) is 0 Å². The van der Waals surface area contributed by atoms with Crippen molar-refractivity contribution in [1.82, 2.24) is 0 Å². The number of hydrogen-bond donors (Lipinski definition) is 5. The minimum Gasteiger partial charge on any atom is -0.511 e. The Morgan fingerprint density at radius 3 is 2.45 bits per heavy atom. The number of aliphatic hydroxyl groups excluding tert-OH is 2. The summed E-state index contributed by atoms with van der Waals surface area (Å²) in [6.45, 7) is 0. The van der Waals surface area contributed by atoms with Crippen LogP contribution in [0.2, 0.25) is 0 Å². The van der Waals surface area contributed by atoms with Crippen LogP contribution < -0.4 is 16.0 Å². The maximum Gasteiger partial charge on any atom is 0.255 e. The molecule has 4 rings (SSSR count). The van der Waals surface area contributed by atoms with E-state index in [1.165, 1.54) is 0 Å². The zero-order valence-corrected chi connectivity index (χ0v) is 17.5. The number of fused-ring (bicyclic) bond motifs is 3. The molecule has 0 saturated heterocycles. The van der Waals surface area contributed by atoms with Crippen molar-refractivity contribution in [3.63, 3.8) is 0 Å². The van der Waals surface area contributed by atoms with E-state index in [4.69, 9.17) is 5.73 Å². The van der Waals surface area contributed by atoms with Crippen molar-refractivity contribution in [2.24, 2.45) is 23.5 Å². The number of carbonyl (C=O) groups is 3. The summed E-state index contributed by atoms with van der Waals surface area (Å²) in [7, 11) is 5.33. The number of aliphatic hydroxyl groups is 2. The van der Waals surface area contributed by atoms with Crippen LogP contribution in [0.5, 0.6) is 5.75 Å². The molecule has 0 spiro atoms. The number of phenolic OH excluding ortho intramolecular Hbond substituents is 1. The van der Waals surface area contributed by atoms with Gasteiger partial charge in [0.05, 0.1) is 17.2 Å². The van der Waals surface area contributed by atoms with E-state index >= 15 is 0 Å². The van der Waals surface area contributed by atoms with E-state index in [0.717, 1.165) is 5.69 Å². The van der Waals surface area contributed by atoms with Gasteiger partial charge < -0.3 is 31.3 Å². The molecule has 1 fully saturated rings. The lowest BCUT2D eigenvalue weighted by Crippen LogP contribution is -2.44. The van der Waals surface area contributed by atoms with Gasteiger partial charge in [-0.2, -0.15) is 0 Å². The average molecular weight is 427 g/mol. The number of benzene rings is 1. The molecule has 164 valence electrons. The molecule has 1 aromatic carbocycles. The summed E-state index contributed by atoms with van der Waals surface area (Å²) >= 11 is 0. The van der Waals surface area contributed by atoms with Gasteiger partial charge in [-0.1, -0.05) is 0 Å². The third kappa shape index (κ3) is 2.87. The van der Waals surface area contributed by atoms with Gasteiger partial charge in [0.15, 0.2) is 11.6 Å². The minimum absolute atomic E-state index is 0.0688. The van der Waals surface area contributed by atoms with Crippen LogP contribution in [0.1, 0.15) is 24.0 Å². The number of amides is 1. The van der Waals surface area contributed by atoms with Gasteiger partial charge in [-0.05, 0) is 36.3 Å². The molecule has 0 aromatic heterocycles. The van der Waals surface area contributed by atoms with Crippen molar-refractivity contribution in [1.29, 1.82) is 0 Å². The van der Waals surface area contributed by atoms with E-state index in [1.807, 2.05) is 19.0 Å². The van der Waals surface area contributed by atoms with Gasteiger partial charge in [0, 0.05) is 38.8 Å². The second-order valence-corrected chi connectivity index (χ2v) is 8.54. The number of ketones is 2. The molecule has 6 N–H and O–H groups in total. The van der Waals surface area contributed by atoms with Crippen molar-refractivity contribution in [2.75, 3.05) is 31.4 Å². The molecular weight excluding hydrogens is 402 g/mol. The first kappa shape index (κ1) is 20.8. The molecule has 3 aliphatic carbocycles. The van der Waals surface area contributed by atoms with Crippen LogP contribution in [0.4, 0.5) is 11.4 Å². The molecule has 0 bridgehead atoms. The fraction of sp³-hybridized carbons (Fsp3) is 0.409. The van der Waals surface area contributed by atoms with Crippen LogP contribution in [0.3, 0.4) is 0 Å². The molecule has 3 aliphatic rings. The van der Waals surface area contributed by atoms with Crippen LogP contribution in [-0.2, 0) is 20.8 Å². The number of Topliss-reactive ketones (excluding diaryl/α,β-unsaturated/α-hetero) is 2. The quantitative estimate of drug-likeness (QED) is 0.359. The highest BCUT2D eigenvalue weighted by Gasteiger charge is 2.51. The van der Waals surface area contributed by atoms with Crippen LogP contribution in [0.25, 0.3) is 5.76 Å². The first-order valence-corrected chi connectivity index (χ1v) is 10.1. The van der Waals surface area contributed by atoms with Gasteiger partial charge in [-0.25, -0.2) is 0 Å². The summed E-state index contributed by atoms with van der Waals surface area (Å²) in [5, 5.41) is 35.4. The number of nitrogens with two attached hydrogens (primary N) is 1. The molecule has 9 heteroatoms. The van der Waals surface area contributed by atoms with Crippen molar-refractivity contribution in [3.05, 3.63) is 34.1 Å². The number of primary amides is 1. The highest BCUT2D eigenvalue weighted by atomic mass is 16.3. The topological polar surface area (TPSA) is 153 Å². The van der Waals surface area contributed by atoms with E-state index in [1.54, 1.807) is 13.1 Å². The Balaban J connectivity index is 1.92. The fourth-order valence-corrected chi connectivity index (χ4v) is 5.28. The predicted molar refractivity (Wildman–Crippen MR) is 114 cm³/mol. The lowest BCUT2D eigenvalue weighted by molar-refractivity contribution is -0.127. The average Bonchev–Trinajstić information content (AvgIpc) is 2.66. The van der Waals surface area contributed by atoms with Crippen molar-refractivity contribution < 1.29 is 29.7 Å². The summed E-state index contributed by atoms with van der Waals surface area (Å²) in [6, 6.07) is 1.78. The molecular formula is C22H25N3O6. The summed E-state index contributed by atoms with van der Waals surface area (Å²) in [4.78, 5) is 39.3. The standard InChI is InChI=1S/C22H25N3O6/c1-24-11-7-12(25(2)3)10-5-8-4-9-6-13(26)17(22(23)31)21(30)15(9)19(28)14(8)20(29)16(10)18(11)27/h7-9,15,24,27,29-30H,4-6H2,1-3H3,(H2,23,31). The Bertz CT molecular complexity index is 1100. The fourth-order valence-electron chi connectivity index (χ4n) is 5.28. The number of hydrogen-bond acceptors (Lipinski definition) is 8. The predicted octanol–water partition coefficient (Wildman–Crippen LogP) is 1.42. The highest BCUT2D eigenvalue weighted by molar-refractivity contribution is 6.21. The highest BCUT2D eigenvalue weighted by Crippen LogP contribution is 2.52. The van der Waals surface area contributed by atoms with Crippen molar-refractivity contribution >= 4 is 34.6 Å². The molecule has 9 nitrogen and oxygen atoms in total. The smallest absolute Gasteiger partial charge is 0.255 e. The molecule has 1 saturated carbocycles. The Morgan fingerprint density at radius 1 is 1.19 bits per heavy atom. The summed E-state index contributed by atoms with van der Waals surface area (Å²) < 4.78 is 0. The molecule has 3 atom stereocenters. The lowest BCUT2D eigenvalue weighted by atomic mass is 9.61. The monoisotopic (exact) mass is 427 g/mol. The molecule has 1 amide bonds. The van der Waals surface area contributed by atoms with Crippen LogP contribution >= 0.6 is 0 Å². The molecule has 31 heavy (non-hydrogen) atoms. The first-order chi connectivity index (χ1) is 14.6. The van der Waals surface area contributed by atoms with Gasteiger partial charge in [-0.3, -0.25) is 14.4 Å². The number of anilines is 2. The van der Waals surface area contributed by atoms with Gasteiger partial charge in [0.25, 0.3) is 5.91 Å². The SMILES string of the molecule is CNc1cc(N(C)C)c2c(c1O)C(O)=C1C(=O)C3C(O)=C(C(N)=O)C(=O)CC3CC1C2. The van der Waals surface area contributed by atoms with E-state index in [0.29, 0.717) is 24.1 Å².